The summed E-state index contributed by atoms with van der Waals surface area (Å²) in [5.74, 6) is 1.46. The Hall–Kier alpha value is -3.25. The Morgan fingerprint density at radius 2 is 1.88 bits per heavy atom. The summed E-state index contributed by atoms with van der Waals surface area (Å²) in [6, 6.07) is 18.8. The van der Waals surface area contributed by atoms with Crippen molar-refractivity contribution in [2.75, 3.05) is 11.9 Å². The summed E-state index contributed by atoms with van der Waals surface area (Å²) < 4.78 is 1.94. The molecular formula is C20H15N5S. The van der Waals surface area contributed by atoms with E-state index >= 15 is 0 Å². The number of anilines is 2. The molecule has 0 radical (unpaired) electrons. The van der Waals surface area contributed by atoms with Crippen LogP contribution in [0.2, 0.25) is 0 Å². The van der Waals surface area contributed by atoms with Crippen molar-refractivity contribution in [2.24, 2.45) is 0 Å². The van der Waals surface area contributed by atoms with Gasteiger partial charge in [-0.1, -0.05) is 24.3 Å². The van der Waals surface area contributed by atoms with Gasteiger partial charge in [0.25, 0.3) is 5.78 Å². The molecule has 0 bridgehead atoms. The van der Waals surface area contributed by atoms with Crippen LogP contribution in [0, 0.1) is 0 Å². The third-order valence-corrected chi connectivity index (χ3v) is 5.23. The van der Waals surface area contributed by atoms with Gasteiger partial charge in [-0.05, 0) is 52.2 Å². The minimum Gasteiger partial charge on any atom is -0.329 e. The van der Waals surface area contributed by atoms with E-state index in [0.717, 1.165) is 22.4 Å². The molecule has 5 rings (SSSR count). The summed E-state index contributed by atoms with van der Waals surface area (Å²) >= 11 is 1.70. The predicted molar refractivity (Wildman–Crippen MR) is 106 cm³/mol. The number of rotatable bonds is 3. The van der Waals surface area contributed by atoms with Crippen molar-refractivity contribution in [1.29, 1.82) is 0 Å². The predicted octanol–water partition coefficient (Wildman–Crippen LogP) is 4.77. The normalized spacial score (nSPS) is 11.3. The highest BCUT2D eigenvalue weighted by Crippen LogP contribution is 2.33. The van der Waals surface area contributed by atoms with Crippen LogP contribution in [-0.2, 0) is 0 Å². The molecular weight excluding hydrogens is 342 g/mol. The molecule has 0 aliphatic carbocycles. The fourth-order valence-corrected chi connectivity index (χ4v) is 3.85. The molecule has 0 saturated carbocycles. The first-order chi connectivity index (χ1) is 12.8. The molecule has 3 heterocycles. The molecule has 5 nitrogen and oxygen atoms in total. The van der Waals surface area contributed by atoms with Crippen LogP contribution in [0.5, 0.6) is 0 Å². The molecule has 26 heavy (non-hydrogen) atoms. The van der Waals surface area contributed by atoms with Gasteiger partial charge in [-0.15, -0.1) is 10.2 Å². The van der Waals surface area contributed by atoms with Gasteiger partial charge in [0.05, 0.1) is 5.52 Å². The lowest BCUT2D eigenvalue weighted by Gasteiger charge is -2.20. The second-order valence-electron chi connectivity index (χ2n) is 6.07. The lowest BCUT2D eigenvalue weighted by Crippen LogP contribution is -2.12. The molecule has 0 saturated heterocycles. The number of fused-ring (bicyclic) bond motifs is 3. The first-order valence-electron chi connectivity index (χ1n) is 8.26. The van der Waals surface area contributed by atoms with Crippen LogP contribution < -0.4 is 4.90 Å². The lowest BCUT2D eigenvalue weighted by molar-refractivity contribution is 1.08. The molecule has 126 valence electrons. The minimum absolute atomic E-state index is 0.595. The van der Waals surface area contributed by atoms with E-state index < -0.39 is 0 Å². The standard InChI is InChI=1S/C20H15N5S/c1-24(16-5-3-2-4-6-16)19-17-8-7-14(15-9-10-26-12-15)11-18(17)25-13-21-23-20(25)22-19/h2-13H,1H3. The second kappa shape index (κ2) is 5.93. The number of benzene rings is 2. The van der Waals surface area contributed by atoms with Gasteiger partial charge >= 0.3 is 0 Å². The molecule has 6 heteroatoms. The van der Waals surface area contributed by atoms with Crippen molar-refractivity contribution in [1.82, 2.24) is 19.6 Å². The first-order valence-corrected chi connectivity index (χ1v) is 9.20. The summed E-state index contributed by atoms with van der Waals surface area (Å²) in [6.07, 6.45) is 1.72. The van der Waals surface area contributed by atoms with E-state index in [4.69, 9.17) is 4.98 Å². The van der Waals surface area contributed by atoms with Gasteiger partial charge in [0.15, 0.2) is 0 Å². The van der Waals surface area contributed by atoms with Crippen molar-refractivity contribution < 1.29 is 0 Å². The Morgan fingerprint density at radius 3 is 2.69 bits per heavy atom. The highest BCUT2D eigenvalue weighted by atomic mass is 32.1. The van der Waals surface area contributed by atoms with E-state index in [1.807, 2.05) is 29.6 Å². The lowest BCUT2D eigenvalue weighted by atomic mass is 10.1. The Labute approximate surface area is 154 Å². The van der Waals surface area contributed by atoms with Gasteiger partial charge in [-0.3, -0.25) is 4.40 Å². The number of nitrogens with zero attached hydrogens (tertiary/aromatic N) is 5. The molecule has 3 aromatic heterocycles. The van der Waals surface area contributed by atoms with Crippen LogP contribution in [0.4, 0.5) is 11.5 Å². The summed E-state index contributed by atoms with van der Waals surface area (Å²) in [6.45, 7) is 0. The van der Waals surface area contributed by atoms with Crippen molar-refractivity contribution in [2.45, 2.75) is 0 Å². The zero-order valence-electron chi connectivity index (χ0n) is 14.1. The maximum atomic E-state index is 4.75. The molecule has 0 atom stereocenters. The number of hydrogen-bond acceptors (Lipinski definition) is 5. The summed E-state index contributed by atoms with van der Waals surface area (Å²) in [5, 5.41) is 13.5. The number of aromatic nitrogens is 4. The highest BCUT2D eigenvalue weighted by molar-refractivity contribution is 7.08. The van der Waals surface area contributed by atoms with E-state index in [1.165, 1.54) is 11.1 Å². The molecule has 5 aromatic rings. The van der Waals surface area contributed by atoms with Crippen LogP contribution in [0.15, 0.2) is 71.7 Å². The zero-order chi connectivity index (χ0) is 17.5. The van der Waals surface area contributed by atoms with E-state index in [0.29, 0.717) is 5.78 Å². The Bertz CT molecular complexity index is 1200. The molecule has 0 amide bonds. The van der Waals surface area contributed by atoms with Gasteiger partial charge in [0.1, 0.15) is 12.1 Å². The highest BCUT2D eigenvalue weighted by Gasteiger charge is 2.15. The quantitative estimate of drug-likeness (QED) is 0.466. The van der Waals surface area contributed by atoms with Crippen LogP contribution in [0.3, 0.4) is 0 Å². The first kappa shape index (κ1) is 15.0. The van der Waals surface area contributed by atoms with E-state index in [-0.39, 0.29) is 0 Å². The van der Waals surface area contributed by atoms with Crippen molar-refractivity contribution in [3.8, 4) is 11.1 Å². The van der Waals surface area contributed by atoms with E-state index in [9.17, 15) is 0 Å². The van der Waals surface area contributed by atoms with Crippen LogP contribution in [-0.4, -0.2) is 26.6 Å². The second-order valence-corrected chi connectivity index (χ2v) is 6.85. The number of para-hydroxylation sites is 1. The van der Waals surface area contributed by atoms with Gasteiger partial charge in [0.2, 0.25) is 0 Å². The fraction of sp³-hybridized carbons (Fsp3) is 0.0500. The van der Waals surface area contributed by atoms with Crippen molar-refractivity contribution in [3.05, 3.63) is 71.7 Å². The average Bonchev–Trinajstić information content (AvgIpc) is 3.39. The molecule has 0 aliphatic heterocycles. The van der Waals surface area contributed by atoms with Gasteiger partial charge in [0, 0.05) is 18.1 Å². The summed E-state index contributed by atoms with van der Waals surface area (Å²) in [4.78, 5) is 6.83. The minimum atomic E-state index is 0.595. The van der Waals surface area contributed by atoms with Crippen LogP contribution in [0.1, 0.15) is 0 Å². The molecule has 0 unspecified atom stereocenters. The average molecular weight is 357 g/mol. The maximum Gasteiger partial charge on any atom is 0.257 e. The monoisotopic (exact) mass is 357 g/mol. The summed E-state index contributed by atoms with van der Waals surface area (Å²) in [5.41, 5.74) is 4.51. The Kier molecular flexibility index (Phi) is 3.43. The number of thiophene rings is 1. The SMILES string of the molecule is CN(c1ccccc1)c1nc2nncn2c2cc(-c3ccsc3)ccc12. The topological polar surface area (TPSA) is 46.3 Å². The Morgan fingerprint density at radius 1 is 1.00 bits per heavy atom. The molecule has 2 aromatic carbocycles. The zero-order valence-corrected chi connectivity index (χ0v) is 14.9. The smallest absolute Gasteiger partial charge is 0.257 e. The van der Waals surface area contributed by atoms with Gasteiger partial charge < -0.3 is 4.90 Å². The van der Waals surface area contributed by atoms with Crippen molar-refractivity contribution >= 4 is 39.5 Å². The Balaban J connectivity index is 1.78. The van der Waals surface area contributed by atoms with Crippen LogP contribution in [0.25, 0.3) is 27.8 Å². The molecule has 0 aliphatic rings. The van der Waals surface area contributed by atoms with Crippen LogP contribution >= 0.6 is 11.3 Å². The number of hydrogen-bond donors (Lipinski definition) is 0. The maximum absolute atomic E-state index is 4.75. The third kappa shape index (κ3) is 2.34. The largest absolute Gasteiger partial charge is 0.329 e. The van der Waals surface area contributed by atoms with E-state index in [2.05, 4.69) is 62.3 Å². The van der Waals surface area contributed by atoms with Gasteiger partial charge in [-0.2, -0.15) is 16.3 Å². The van der Waals surface area contributed by atoms with E-state index in [1.54, 1.807) is 17.7 Å². The summed E-state index contributed by atoms with van der Waals surface area (Å²) in [7, 11) is 2.02. The fourth-order valence-electron chi connectivity index (χ4n) is 3.19. The van der Waals surface area contributed by atoms with Crippen molar-refractivity contribution in [3.63, 3.8) is 0 Å². The molecule has 0 spiro atoms. The molecule has 0 N–H and O–H groups in total. The third-order valence-electron chi connectivity index (χ3n) is 4.55. The molecule has 0 fully saturated rings. The van der Waals surface area contributed by atoms with Gasteiger partial charge in [-0.25, -0.2) is 0 Å².